The highest BCUT2D eigenvalue weighted by molar-refractivity contribution is 5.85. The number of hydrogen-bond donors (Lipinski definition) is 2. The number of rotatable bonds is 5. The normalized spacial score (nSPS) is 14.5. The van der Waals surface area contributed by atoms with Gasteiger partial charge in [0, 0.05) is 24.7 Å². The summed E-state index contributed by atoms with van der Waals surface area (Å²) in [7, 11) is 0. The molecular formula is C15H22Cl2N8O2. The lowest BCUT2D eigenvalue weighted by Gasteiger charge is -2.31. The fraction of sp³-hybridized carbons (Fsp3) is 0.400. The van der Waals surface area contributed by atoms with Crippen LogP contribution >= 0.6 is 24.8 Å². The van der Waals surface area contributed by atoms with Gasteiger partial charge >= 0.3 is 0 Å². The third-order valence-electron chi connectivity index (χ3n) is 4.27. The summed E-state index contributed by atoms with van der Waals surface area (Å²) in [4.78, 5) is 13.2. The second-order valence-electron chi connectivity index (χ2n) is 6.11. The Hall–Kier alpha value is -2.59. The smallest absolute Gasteiger partial charge is 0.293 e. The maximum atomic E-state index is 11.5. The molecule has 1 aliphatic rings. The van der Waals surface area contributed by atoms with Crippen molar-refractivity contribution in [3.8, 4) is 0 Å². The number of anilines is 2. The quantitative estimate of drug-likeness (QED) is 0.331. The molecule has 0 saturated carbocycles. The Morgan fingerprint density at radius 2 is 2.07 bits per heavy atom. The van der Waals surface area contributed by atoms with Gasteiger partial charge in [0.15, 0.2) is 0 Å². The monoisotopic (exact) mass is 416 g/mol. The molecule has 12 heteroatoms. The Labute approximate surface area is 168 Å². The Bertz CT molecular complexity index is 790. The molecule has 1 aromatic heterocycles. The highest BCUT2D eigenvalue weighted by Gasteiger charge is 2.23. The maximum Gasteiger partial charge on any atom is 0.293 e. The molecule has 10 nitrogen and oxygen atoms in total. The molecule has 2 aromatic rings. The topological polar surface area (TPSA) is 128 Å². The number of nitro groups is 1. The van der Waals surface area contributed by atoms with Crippen LogP contribution in [0, 0.1) is 16.0 Å². The minimum Gasteiger partial charge on any atom is -0.366 e. The van der Waals surface area contributed by atoms with Gasteiger partial charge in [-0.25, -0.2) is 10.1 Å². The van der Waals surface area contributed by atoms with Crippen molar-refractivity contribution in [3.05, 3.63) is 40.2 Å². The summed E-state index contributed by atoms with van der Waals surface area (Å²) in [5, 5.41) is 22.8. The van der Waals surface area contributed by atoms with Gasteiger partial charge in [-0.15, -0.1) is 35.0 Å². The molecule has 0 radical (unpaired) electrons. The van der Waals surface area contributed by atoms with Gasteiger partial charge in [0.1, 0.15) is 12.0 Å². The standard InChI is InChI=1S/C15H20N8O2.2ClH/c1-11-4-6-21(7-5-11)13-3-2-12(8-14(13)23(24)25)9-17-19-15-20-18-10-22(15)16;;/h2-3,8-11H,4-7,16H2,1H3,(H,19,20);2*1H/b17-9-;;. The summed E-state index contributed by atoms with van der Waals surface area (Å²) >= 11 is 0. The van der Waals surface area contributed by atoms with Gasteiger partial charge in [-0.3, -0.25) is 10.1 Å². The van der Waals surface area contributed by atoms with Crippen LogP contribution in [0.1, 0.15) is 25.3 Å². The number of piperidine rings is 1. The van der Waals surface area contributed by atoms with Crippen molar-refractivity contribution in [3.63, 3.8) is 0 Å². The largest absolute Gasteiger partial charge is 0.366 e. The second-order valence-corrected chi connectivity index (χ2v) is 6.11. The molecule has 1 fully saturated rings. The van der Waals surface area contributed by atoms with Crippen LogP contribution in [0.2, 0.25) is 0 Å². The van der Waals surface area contributed by atoms with Gasteiger partial charge in [0.25, 0.3) is 11.6 Å². The van der Waals surface area contributed by atoms with E-state index in [0.29, 0.717) is 17.2 Å². The highest BCUT2D eigenvalue weighted by Crippen LogP contribution is 2.32. The van der Waals surface area contributed by atoms with Gasteiger partial charge in [-0.2, -0.15) is 5.10 Å². The van der Waals surface area contributed by atoms with Crippen molar-refractivity contribution in [1.29, 1.82) is 0 Å². The predicted molar refractivity (Wildman–Crippen MR) is 110 cm³/mol. The minimum absolute atomic E-state index is 0. The molecule has 0 aliphatic carbocycles. The number of benzene rings is 1. The molecule has 0 atom stereocenters. The molecule has 148 valence electrons. The molecule has 1 aromatic carbocycles. The zero-order valence-electron chi connectivity index (χ0n) is 14.7. The van der Waals surface area contributed by atoms with E-state index in [1.807, 2.05) is 0 Å². The number of nitro benzene ring substituents is 1. The Balaban J connectivity index is 0.00000182. The second kappa shape index (κ2) is 9.93. The minimum atomic E-state index is -0.353. The molecule has 1 aliphatic heterocycles. The molecular weight excluding hydrogens is 395 g/mol. The van der Waals surface area contributed by atoms with Gasteiger partial charge in [-0.1, -0.05) is 13.0 Å². The van der Waals surface area contributed by atoms with Crippen LogP contribution in [0.4, 0.5) is 17.3 Å². The van der Waals surface area contributed by atoms with Crippen LogP contribution in [0.25, 0.3) is 0 Å². The van der Waals surface area contributed by atoms with E-state index in [9.17, 15) is 10.1 Å². The number of halogens is 2. The fourth-order valence-corrected chi connectivity index (χ4v) is 2.77. The van der Waals surface area contributed by atoms with Gasteiger partial charge < -0.3 is 10.7 Å². The van der Waals surface area contributed by atoms with Crippen molar-refractivity contribution in [2.24, 2.45) is 11.0 Å². The van der Waals surface area contributed by atoms with Crippen LogP contribution in [0.5, 0.6) is 0 Å². The Morgan fingerprint density at radius 3 is 2.67 bits per heavy atom. The van der Waals surface area contributed by atoms with Gasteiger partial charge in [-0.05, 0) is 24.8 Å². The van der Waals surface area contributed by atoms with E-state index >= 15 is 0 Å². The molecule has 0 spiro atoms. The van der Waals surface area contributed by atoms with Crippen molar-refractivity contribution < 1.29 is 4.92 Å². The summed E-state index contributed by atoms with van der Waals surface area (Å²) in [5.74, 6) is 6.49. The van der Waals surface area contributed by atoms with Crippen LogP contribution in [-0.4, -0.2) is 39.1 Å². The van der Waals surface area contributed by atoms with E-state index in [1.54, 1.807) is 12.1 Å². The number of hydrazone groups is 1. The average molecular weight is 417 g/mol. The van der Waals surface area contributed by atoms with Gasteiger partial charge in [0.2, 0.25) is 0 Å². The first-order valence-corrected chi connectivity index (χ1v) is 8.02. The molecule has 0 amide bonds. The summed E-state index contributed by atoms with van der Waals surface area (Å²) in [6.45, 7) is 3.88. The van der Waals surface area contributed by atoms with Crippen molar-refractivity contribution in [2.75, 3.05) is 29.3 Å². The first-order chi connectivity index (χ1) is 12.0. The summed E-state index contributed by atoms with van der Waals surface area (Å²) in [5.41, 5.74) is 3.97. The first kappa shape index (κ1) is 22.5. The third kappa shape index (κ3) is 5.44. The van der Waals surface area contributed by atoms with E-state index in [2.05, 4.69) is 32.5 Å². The fourth-order valence-electron chi connectivity index (χ4n) is 2.77. The Kier molecular flexibility index (Phi) is 8.26. The number of nitrogens with two attached hydrogens (primary N) is 1. The predicted octanol–water partition coefficient (Wildman–Crippen LogP) is 2.43. The summed E-state index contributed by atoms with van der Waals surface area (Å²) in [6.07, 6.45) is 4.90. The molecule has 3 rings (SSSR count). The van der Waals surface area contributed by atoms with E-state index in [0.717, 1.165) is 25.9 Å². The van der Waals surface area contributed by atoms with E-state index in [1.165, 1.54) is 23.3 Å². The van der Waals surface area contributed by atoms with Crippen LogP contribution < -0.4 is 16.2 Å². The molecule has 0 bridgehead atoms. The molecule has 3 N–H and O–H groups in total. The van der Waals surface area contributed by atoms with E-state index < -0.39 is 0 Å². The average Bonchev–Trinajstić information content (AvgIpc) is 3.01. The van der Waals surface area contributed by atoms with E-state index in [-0.39, 0.29) is 41.4 Å². The molecule has 27 heavy (non-hydrogen) atoms. The zero-order chi connectivity index (χ0) is 17.8. The zero-order valence-corrected chi connectivity index (χ0v) is 16.3. The van der Waals surface area contributed by atoms with Crippen LogP contribution in [0.3, 0.4) is 0 Å². The number of nitrogens with one attached hydrogen (secondary N) is 1. The SMILES string of the molecule is CC1CCN(c2ccc(/C=N\Nc3nncn3N)cc2[N+](=O)[O-])CC1.Cl.Cl. The van der Waals surface area contributed by atoms with Crippen molar-refractivity contribution >= 4 is 48.4 Å². The van der Waals surface area contributed by atoms with Crippen LogP contribution in [0.15, 0.2) is 29.6 Å². The highest BCUT2D eigenvalue weighted by atomic mass is 35.5. The molecule has 2 heterocycles. The summed E-state index contributed by atoms with van der Waals surface area (Å²) < 4.78 is 1.18. The molecule has 1 saturated heterocycles. The number of nitrogens with zero attached hydrogens (tertiary/aromatic N) is 6. The summed E-state index contributed by atoms with van der Waals surface area (Å²) in [6, 6.07) is 5.10. The van der Waals surface area contributed by atoms with Gasteiger partial charge in [0.05, 0.1) is 11.1 Å². The lowest BCUT2D eigenvalue weighted by atomic mass is 9.98. The first-order valence-electron chi connectivity index (χ1n) is 8.02. The van der Waals surface area contributed by atoms with Crippen molar-refractivity contribution in [2.45, 2.75) is 19.8 Å². The third-order valence-corrected chi connectivity index (χ3v) is 4.27. The number of nitrogen functional groups attached to an aromatic ring is 1. The maximum absolute atomic E-state index is 11.5. The number of aromatic nitrogens is 3. The number of hydrogen-bond acceptors (Lipinski definition) is 8. The van der Waals surface area contributed by atoms with E-state index in [4.69, 9.17) is 5.84 Å². The van der Waals surface area contributed by atoms with Crippen molar-refractivity contribution in [1.82, 2.24) is 14.9 Å². The van der Waals surface area contributed by atoms with Crippen LogP contribution in [-0.2, 0) is 0 Å². The lowest BCUT2D eigenvalue weighted by Crippen LogP contribution is -2.33. The lowest BCUT2D eigenvalue weighted by molar-refractivity contribution is -0.384. The molecule has 0 unspecified atom stereocenters. The Morgan fingerprint density at radius 1 is 1.37 bits per heavy atom.